The molecule has 2 N–H and O–H groups in total. The zero-order chi connectivity index (χ0) is 25.7. The number of nitriles is 1. The molecule has 4 rings (SSSR count). The number of piperazine rings is 1. The summed E-state index contributed by atoms with van der Waals surface area (Å²) in [7, 11) is 0. The minimum atomic E-state index is -2.40. The summed E-state index contributed by atoms with van der Waals surface area (Å²) in [6.45, 7) is 6.85. The maximum Gasteiger partial charge on any atom is 0.252 e. The molecule has 2 amide bonds. The number of nitrogen functional groups attached to an aromatic ring is 1. The normalized spacial score (nSPS) is 18.5. The second-order valence-corrected chi connectivity index (χ2v) is 9.86. The Bertz CT molecular complexity index is 1430. The van der Waals surface area contributed by atoms with Crippen LogP contribution in [0.25, 0.3) is 16.8 Å². The molecular weight excluding hydrogens is 470 g/mol. The van der Waals surface area contributed by atoms with Crippen LogP contribution in [-0.4, -0.2) is 58.2 Å². The van der Waals surface area contributed by atoms with Gasteiger partial charge < -0.3 is 20.1 Å². The molecule has 0 spiro atoms. The first kappa shape index (κ1) is 24.3. The van der Waals surface area contributed by atoms with Crippen LogP contribution in [0, 0.1) is 11.3 Å². The van der Waals surface area contributed by atoms with Crippen molar-refractivity contribution < 1.29 is 18.4 Å². The van der Waals surface area contributed by atoms with Crippen molar-refractivity contribution in [2.45, 2.75) is 45.0 Å². The molecule has 2 atom stereocenters. The fourth-order valence-corrected chi connectivity index (χ4v) is 5.11. The quantitative estimate of drug-likeness (QED) is 0.535. The standard InChI is InChI=1S/C23H25N7O4S/c1-13-10-28(14(2)31)23(3,4)22(32)29(13)18-7-15(5-6-16(18)11-35(33)34)19-8-17(9-24)20-21(25)26-12-27-30(19)20/h5-8,12-13H,10-11H2,1-4H3,(H,33,34)(H2,25,26,27)/p-1/t13-/m0/s1. The van der Waals surface area contributed by atoms with Gasteiger partial charge in [0.1, 0.15) is 23.5 Å². The highest BCUT2D eigenvalue weighted by Crippen LogP contribution is 2.36. The van der Waals surface area contributed by atoms with Gasteiger partial charge in [-0.15, -0.1) is 0 Å². The molecule has 0 bridgehead atoms. The van der Waals surface area contributed by atoms with Gasteiger partial charge in [0, 0.05) is 30.5 Å². The van der Waals surface area contributed by atoms with E-state index in [1.54, 1.807) is 43.0 Å². The summed E-state index contributed by atoms with van der Waals surface area (Å²) in [5.74, 6) is -0.695. The van der Waals surface area contributed by atoms with Crippen LogP contribution in [0.3, 0.4) is 0 Å². The first-order valence-corrected chi connectivity index (χ1v) is 12.0. The number of hydrogen-bond donors (Lipinski definition) is 1. The predicted molar refractivity (Wildman–Crippen MR) is 129 cm³/mol. The second kappa shape index (κ2) is 8.75. The van der Waals surface area contributed by atoms with Gasteiger partial charge in [-0.2, -0.15) is 10.4 Å². The highest BCUT2D eigenvalue weighted by molar-refractivity contribution is 7.78. The molecule has 35 heavy (non-hydrogen) atoms. The average Bonchev–Trinajstić information content (AvgIpc) is 3.17. The van der Waals surface area contributed by atoms with Gasteiger partial charge in [0.15, 0.2) is 5.82 Å². The SMILES string of the molecule is CC(=O)N1C[C@H](C)N(c2cc(-c3cc(C#N)c4c(N)ncnn34)ccc2CS(=O)[O-])C(=O)C1(C)C. The Labute approximate surface area is 204 Å². The minimum absolute atomic E-state index is 0.146. The largest absolute Gasteiger partial charge is 0.772 e. The molecule has 1 saturated heterocycles. The molecule has 0 saturated carbocycles. The number of hydrogen-bond acceptors (Lipinski definition) is 8. The van der Waals surface area contributed by atoms with Crippen molar-refractivity contribution in [3.05, 3.63) is 41.7 Å². The molecule has 1 aromatic carbocycles. The molecule has 12 heteroatoms. The van der Waals surface area contributed by atoms with Crippen molar-refractivity contribution in [3.8, 4) is 17.3 Å². The molecule has 0 radical (unpaired) electrons. The Morgan fingerprint density at radius 3 is 2.71 bits per heavy atom. The Balaban J connectivity index is 1.92. The first-order valence-electron chi connectivity index (χ1n) is 10.8. The first-order chi connectivity index (χ1) is 16.5. The monoisotopic (exact) mass is 494 g/mol. The van der Waals surface area contributed by atoms with Crippen LogP contribution < -0.4 is 10.6 Å². The fourth-order valence-electron chi connectivity index (χ4n) is 4.61. The second-order valence-electron chi connectivity index (χ2n) is 8.97. The van der Waals surface area contributed by atoms with Gasteiger partial charge >= 0.3 is 0 Å². The van der Waals surface area contributed by atoms with Crippen LogP contribution in [-0.2, 0) is 26.4 Å². The third kappa shape index (κ3) is 4.02. The molecular formula is C23H24N7O4S-. The third-order valence-corrected chi connectivity index (χ3v) is 6.85. The Morgan fingerprint density at radius 2 is 2.09 bits per heavy atom. The maximum atomic E-state index is 13.7. The van der Waals surface area contributed by atoms with E-state index in [0.717, 1.165) is 0 Å². The molecule has 0 aliphatic carbocycles. The number of amides is 2. The van der Waals surface area contributed by atoms with Gasteiger partial charge in [-0.1, -0.05) is 23.2 Å². The van der Waals surface area contributed by atoms with Gasteiger partial charge in [-0.25, -0.2) is 9.50 Å². The van der Waals surface area contributed by atoms with E-state index in [1.165, 1.54) is 22.7 Å². The highest BCUT2D eigenvalue weighted by Gasteiger charge is 2.47. The molecule has 11 nitrogen and oxygen atoms in total. The lowest BCUT2D eigenvalue weighted by atomic mass is 9.93. The number of fused-ring (bicyclic) bond motifs is 1. The van der Waals surface area contributed by atoms with Crippen LogP contribution >= 0.6 is 0 Å². The van der Waals surface area contributed by atoms with Crippen LogP contribution in [0.15, 0.2) is 30.6 Å². The predicted octanol–water partition coefficient (Wildman–Crippen LogP) is 1.59. The number of aromatic nitrogens is 3. The van der Waals surface area contributed by atoms with E-state index in [0.29, 0.717) is 28.0 Å². The molecule has 1 fully saturated rings. The highest BCUT2D eigenvalue weighted by atomic mass is 32.2. The van der Waals surface area contributed by atoms with Crippen molar-refractivity contribution in [3.63, 3.8) is 0 Å². The summed E-state index contributed by atoms with van der Waals surface area (Å²) in [5.41, 5.74) is 7.47. The van der Waals surface area contributed by atoms with E-state index in [4.69, 9.17) is 5.73 Å². The van der Waals surface area contributed by atoms with E-state index in [1.807, 2.05) is 6.92 Å². The molecule has 1 aliphatic heterocycles. The summed E-state index contributed by atoms with van der Waals surface area (Å²) < 4.78 is 24.7. The van der Waals surface area contributed by atoms with Crippen molar-refractivity contribution in [1.29, 1.82) is 5.26 Å². The number of rotatable bonds is 4. The van der Waals surface area contributed by atoms with Crippen molar-refractivity contribution in [2.75, 3.05) is 17.2 Å². The van der Waals surface area contributed by atoms with Crippen LogP contribution in [0.4, 0.5) is 11.5 Å². The summed E-state index contributed by atoms with van der Waals surface area (Å²) in [6, 6.07) is 8.35. The van der Waals surface area contributed by atoms with Crippen molar-refractivity contribution >= 4 is 39.9 Å². The lowest BCUT2D eigenvalue weighted by Gasteiger charge is -2.49. The van der Waals surface area contributed by atoms with E-state index < -0.39 is 22.7 Å². The zero-order valence-corrected chi connectivity index (χ0v) is 20.5. The molecule has 182 valence electrons. The number of benzene rings is 1. The number of anilines is 2. The van der Waals surface area contributed by atoms with Gasteiger partial charge in [0.25, 0.3) is 5.91 Å². The Morgan fingerprint density at radius 1 is 1.37 bits per heavy atom. The molecule has 2 aromatic heterocycles. The smallest absolute Gasteiger partial charge is 0.252 e. The van der Waals surface area contributed by atoms with Crippen LogP contribution in [0.2, 0.25) is 0 Å². The summed E-state index contributed by atoms with van der Waals surface area (Å²) in [5, 5.41) is 13.8. The van der Waals surface area contributed by atoms with E-state index in [9.17, 15) is 23.6 Å². The Kier molecular flexibility index (Phi) is 6.08. The lowest BCUT2D eigenvalue weighted by Crippen LogP contribution is -2.67. The van der Waals surface area contributed by atoms with Crippen molar-refractivity contribution in [1.82, 2.24) is 19.5 Å². The summed E-state index contributed by atoms with van der Waals surface area (Å²) >= 11 is -2.40. The van der Waals surface area contributed by atoms with Crippen LogP contribution in [0.1, 0.15) is 38.8 Å². The molecule has 1 aliphatic rings. The summed E-state index contributed by atoms with van der Waals surface area (Å²) in [6.07, 6.45) is 1.28. The molecule has 1 unspecified atom stereocenters. The van der Waals surface area contributed by atoms with E-state index in [2.05, 4.69) is 16.2 Å². The number of carbonyl (C=O) groups is 2. The van der Waals surface area contributed by atoms with Gasteiger partial charge in [0.2, 0.25) is 5.91 Å². The Hall–Kier alpha value is -3.82. The zero-order valence-electron chi connectivity index (χ0n) is 19.7. The van der Waals surface area contributed by atoms with E-state index in [-0.39, 0.29) is 35.5 Å². The summed E-state index contributed by atoms with van der Waals surface area (Å²) in [4.78, 5) is 32.9. The average molecular weight is 495 g/mol. The van der Waals surface area contributed by atoms with Gasteiger partial charge in [0.05, 0.1) is 17.3 Å². The fraction of sp³-hybridized carbons (Fsp3) is 0.348. The van der Waals surface area contributed by atoms with Crippen LogP contribution in [0.5, 0.6) is 0 Å². The number of nitrogens with two attached hydrogens (primary N) is 1. The molecule has 3 aromatic rings. The lowest BCUT2D eigenvalue weighted by molar-refractivity contribution is -0.146. The van der Waals surface area contributed by atoms with Crippen molar-refractivity contribution in [2.24, 2.45) is 0 Å². The minimum Gasteiger partial charge on any atom is -0.772 e. The topological polar surface area (TPSA) is 161 Å². The van der Waals surface area contributed by atoms with E-state index >= 15 is 0 Å². The third-order valence-electron chi connectivity index (χ3n) is 6.30. The maximum absolute atomic E-state index is 13.7. The van der Waals surface area contributed by atoms with Gasteiger partial charge in [-0.05, 0) is 38.5 Å². The van der Waals surface area contributed by atoms with Gasteiger partial charge in [-0.3, -0.25) is 13.8 Å². The number of carbonyl (C=O) groups excluding carboxylic acids is 2. The molecule has 3 heterocycles. The number of nitrogens with zero attached hydrogens (tertiary/aromatic N) is 6.